The predicted octanol–water partition coefficient (Wildman–Crippen LogP) is 1.56. The largest absolute Gasteiger partial charge is 0.357 e. The highest BCUT2D eigenvalue weighted by molar-refractivity contribution is 14.0. The first-order valence-electron chi connectivity index (χ1n) is 9.29. The molecule has 25 heavy (non-hydrogen) atoms. The summed E-state index contributed by atoms with van der Waals surface area (Å²) in [6.45, 7) is 10.3. The quantitative estimate of drug-likeness (QED) is 0.278. The maximum Gasteiger partial charge on any atom is 0.239 e. The van der Waals surface area contributed by atoms with Crippen molar-refractivity contribution in [1.29, 1.82) is 0 Å². The van der Waals surface area contributed by atoms with E-state index in [1.54, 1.807) is 0 Å². The summed E-state index contributed by atoms with van der Waals surface area (Å²) in [5, 5.41) is 3.28. The van der Waals surface area contributed by atoms with E-state index in [1.165, 1.54) is 0 Å². The number of likely N-dealkylation sites (tertiary alicyclic amines) is 1. The van der Waals surface area contributed by atoms with Crippen molar-refractivity contribution < 1.29 is 9.18 Å². The van der Waals surface area contributed by atoms with Crippen LogP contribution in [0.4, 0.5) is 4.39 Å². The predicted molar refractivity (Wildman–Crippen MR) is 110 cm³/mol. The second-order valence-corrected chi connectivity index (χ2v) is 6.51. The molecule has 6 nitrogen and oxygen atoms in total. The Morgan fingerprint density at radius 3 is 2.32 bits per heavy atom. The molecule has 2 rings (SSSR count). The second-order valence-electron chi connectivity index (χ2n) is 6.51. The zero-order valence-corrected chi connectivity index (χ0v) is 17.9. The molecule has 1 N–H and O–H groups in total. The lowest BCUT2D eigenvalue weighted by atomic mass is 10.2. The van der Waals surface area contributed by atoms with Gasteiger partial charge in [-0.2, -0.15) is 0 Å². The summed E-state index contributed by atoms with van der Waals surface area (Å²) < 4.78 is 12.3. The number of amides is 1. The van der Waals surface area contributed by atoms with Crippen LogP contribution >= 0.6 is 24.0 Å². The summed E-state index contributed by atoms with van der Waals surface area (Å²) >= 11 is 0. The molecule has 0 radical (unpaired) electrons. The summed E-state index contributed by atoms with van der Waals surface area (Å²) in [6, 6.07) is -0.0451. The molecule has 2 saturated heterocycles. The summed E-state index contributed by atoms with van der Waals surface area (Å²) in [4.78, 5) is 23.5. The van der Waals surface area contributed by atoms with Crippen LogP contribution in [0.25, 0.3) is 0 Å². The van der Waals surface area contributed by atoms with Gasteiger partial charge in [-0.15, -0.1) is 24.0 Å². The Morgan fingerprint density at radius 1 is 1.12 bits per heavy atom. The molecule has 2 aliphatic heterocycles. The van der Waals surface area contributed by atoms with Crippen LogP contribution in [0, 0.1) is 0 Å². The van der Waals surface area contributed by atoms with Crippen LogP contribution in [0.3, 0.4) is 0 Å². The summed E-state index contributed by atoms with van der Waals surface area (Å²) in [6.07, 6.45) is 2.73. The van der Waals surface area contributed by atoms with E-state index in [1.807, 2.05) is 18.7 Å². The fourth-order valence-electron chi connectivity index (χ4n) is 3.35. The van der Waals surface area contributed by atoms with Crippen molar-refractivity contribution in [3.63, 3.8) is 0 Å². The van der Waals surface area contributed by atoms with Gasteiger partial charge in [-0.05, 0) is 33.1 Å². The van der Waals surface area contributed by atoms with Crippen LogP contribution in [0.2, 0.25) is 0 Å². The van der Waals surface area contributed by atoms with Gasteiger partial charge in [0.1, 0.15) is 0 Å². The number of aliphatic imine (C=N–C) groups is 1. The lowest BCUT2D eigenvalue weighted by molar-refractivity contribution is -0.135. The van der Waals surface area contributed by atoms with Crippen LogP contribution in [-0.4, -0.2) is 91.6 Å². The highest BCUT2D eigenvalue weighted by atomic mass is 127. The summed E-state index contributed by atoms with van der Waals surface area (Å²) in [7, 11) is 0. The van der Waals surface area contributed by atoms with Gasteiger partial charge in [-0.1, -0.05) is 0 Å². The zero-order chi connectivity index (χ0) is 17.4. The van der Waals surface area contributed by atoms with Crippen molar-refractivity contribution in [3.05, 3.63) is 0 Å². The van der Waals surface area contributed by atoms with Gasteiger partial charge in [0.2, 0.25) is 5.91 Å². The summed E-state index contributed by atoms with van der Waals surface area (Å²) in [5.74, 6) is 1.13. The molecule has 0 saturated carbocycles. The molecule has 1 atom stereocenters. The van der Waals surface area contributed by atoms with E-state index in [0.29, 0.717) is 13.0 Å². The molecule has 0 aliphatic carbocycles. The van der Waals surface area contributed by atoms with E-state index in [9.17, 15) is 9.18 Å². The lowest BCUT2D eigenvalue weighted by Gasteiger charge is -2.39. The van der Waals surface area contributed by atoms with Gasteiger partial charge in [0.15, 0.2) is 5.96 Å². The van der Waals surface area contributed by atoms with Crippen LogP contribution in [-0.2, 0) is 4.79 Å². The number of nitrogens with zero attached hydrogens (tertiary/aromatic N) is 4. The third-order valence-electron chi connectivity index (χ3n) is 4.82. The van der Waals surface area contributed by atoms with Gasteiger partial charge in [-0.25, -0.2) is 0 Å². The molecule has 2 fully saturated rings. The number of halogens is 2. The number of piperazine rings is 1. The molecule has 0 spiro atoms. The average Bonchev–Trinajstić information content (AvgIpc) is 3.15. The molecule has 2 heterocycles. The lowest BCUT2D eigenvalue weighted by Crippen LogP contribution is -2.57. The molecule has 0 aromatic carbocycles. The second kappa shape index (κ2) is 11.9. The van der Waals surface area contributed by atoms with Gasteiger partial charge in [0.05, 0.1) is 12.7 Å². The first-order valence-corrected chi connectivity index (χ1v) is 9.29. The topological polar surface area (TPSA) is 51.2 Å². The molecule has 146 valence electrons. The minimum Gasteiger partial charge on any atom is -0.357 e. The first-order chi connectivity index (χ1) is 11.7. The maximum absolute atomic E-state index is 12.5. The first kappa shape index (κ1) is 22.4. The van der Waals surface area contributed by atoms with Crippen molar-refractivity contribution in [1.82, 2.24) is 20.0 Å². The van der Waals surface area contributed by atoms with Crippen LogP contribution in [0.15, 0.2) is 4.99 Å². The smallest absolute Gasteiger partial charge is 0.239 e. The Labute approximate surface area is 168 Å². The van der Waals surface area contributed by atoms with E-state index in [-0.39, 0.29) is 42.6 Å². The number of alkyl halides is 1. The van der Waals surface area contributed by atoms with E-state index in [2.05, 4.69) is 20.1 Å². The highest BCUT2D eigenvalue weighted by Gasteiger charge is 2.30. The van der Waals surface area contributed by atoms with Crippen LogP contribution in [0.1, 0.15) is 33.1 Å². The fourth-order valence-corrected chi connectivity index (χ4v) is 3.35. The average molecular weight is 469 g/mol. The number of nitrogens with one attached hydrogen (secondary N) is 1. The third-order valence-corrected chi connectivity index (χ3v) is 4.82. The van der Waals surface area contributed by atoms with E-state index < -0.39 is 0 Å². The van der Waals surface area contributed by atoms with Gasteiger partial charge in [-0.3, -0.25) is 19.1 Å². The van der Waals surface area contributed by atoms with Crippen LogP contribution in [0.5, 0.6) is 0 Å². The Balaban J connectivity index is 0.00000312. The Kier molecular flexibility index (Phi) is 10.6. The minimum absolute atomic E-state index is 0. The molecule has 2 aliphatic rings. The normalized spacial score (nSPS) is 20.4. The molecule has 0 bridgehead atoms. The molecular formula is C17H33FIN5O. The Hall–Kier alpha value is -0.640. The molecule has 8 heteroatoms. The maximum atomic E-state index is 12.5. The Morgan fingerprint density at radius 2 is 1.76 bits per heavy atom. The number of guanidine groups is 1. The molecule has 1 unspecified atom stereocenters. The highest BCUT2D eigenvalue weighted by Crippen LogP contribution is 2.14. The zero-order valence-electron chi connectivity index (χ0n) is 15.5. The van der Waals surface area contributed by atoms with E-state index in [4.69, 9.17) is 0 Å². The van der Waals surface area contributed by atoms with E-state index >= 15 is 0 Å². The minimum atomic E-state index is -0.327. The van der Waals surface area contributed by atoms with E-state index in [0.717, 1.165) is 64.6 Å². The van der Waals surface area contributed by atoms with Crippen molar-refractivity contribution in [3.8, 4) is 0 Å². The Bertz CT molecular complexity index is 423. The van der Waals surface area contributed by atoms with Crippen LogP contribution < -0.4 is 5.32 Å². The SMILES string of the molecule is CCNC(=NCCCF)N1CCN(C(C)C(=O)N2CCCC2)CC1.I. The van der Waals surface area contributed by atoms with Crippen molar-refractivity contribution in [2.75, 3.05) is 59.0 Å². The van der Waals surface area contributed by atoms with Gasteiger partial charge in [0.25, 0.3) is 0 Å². The number of hydrogen-bond donors (Lipinski definition) is 1. The van der Waals surface area contributed by atoms with Gasteiger partial charge >= 0.3 is 0 Å². The van der Waals surface area contributed by atoms with Gasteiger partial charge in [0, 0.05) is 52.4 Å². The number of rotatable bonds is 6. The third kappa shape index (κ3) is 6.54. The molecular weight excluding hydrogens is 436 g/mol. The molecule has 0 aromatic rings. The van der Waals surface area contributed by atoms with Crippen molar-refractivity contribution in [2.24, 2.45) is 4.99 Å². The van der Waals surface area contributed by atoms with Crippen molar-refractivity contribution >= 4 is 35.8 Å². The molecule has 1 amide bonds. The van der Waals surface area contributed by atoms with Gasteiger partial charge < -0.3 is 15.1 Å². The number of carbonyl (C=O) groups excluding carboxylic acids is 1. The fraction of sp³-hybridized carbons (Fsp3) is 0.882. The molecule has 0 aromatic heterocycles. The number of hydrogen-bond acceptors (Lipinski definition) is 3. The van der Waals surface area contributed by atoms with Crippen molar-refractivity contribution in [2.45, 2.75) is 39.2 Å². The monoisotopic (exact) mass is 469 g/mol. The summed E-state index contributed by atoms with van der Waals surface area (Å²) in [5.41, 5.74) is 0. The standard InChI is InChI=1S/C17H32FN5O.HI/c1-3-19-17(20-8-6-7-18)23-13-11-21(12-14-23)15(2)16(24)22-9-4-5-10-22;/h15H,3-14H2,1-2H3,(H,19,20);1H. The number of carbonyl (C=O) groups is 1.